The van der Waals surface area contributed by atoms with Gasteiger partial charge in [0.15, 0.2) is 0 Å². The second-order valence-corrected chi connectivity index (χ2v) is 19.6. The van der Waals surface area contributed by atoms with Gasteiger partial charge < -0.3 is 42.0 Å². The van der Waals surface area contributed by atoms with E-state index in [9.17, 15) is 33.6 Å². The lowest BCUT2D eigenvalue weighted by Crippen LogP contribution is -2.61. The number of benzene rings is 7. The number of carbonyl (C=O) groups excluding carboxylic acids is 8. The van der Waals surface area contributed by atoms with Gasteiger partial charge in [-0.2, -0.15) is 0 Å². The highest BCUT2D eigenvalue weighted by atomic mass is 16.5. The van der Waals surface area contributed by atoms with Crippen molar-refractivity contribution in [2.45, 2.75) is 87.2 Å². The van der Waals surface area contributed by atoms with Crippen molar-refractivity contribution in [3.63, 3.8) is 0 Å². The zero-order valence-corrected chi connectivity index (χ0v) is 45.0. The highest BCUT2D eigenvalue weighted by Crippen LogP contribution is 2.14. The minimum absolute atomic E-state index is 0.0185. The number of ether oxygens (including phenoxy) is 1. The van der Waals surface area contributed by atoms with Crippen LogP contribution in [0.15, 0.2) is 212 Å². The molecule has 0 saturated heterocycles. The first-order chi connectivity index (χ1) is 39.4. The Morgan fingerprint density at radius 1 is 0.296 bits per heavy atom. The lowest BCUT2D eigenvalue weighted by atomic mass is 9.99. The average molecular weight is 1090 g/mol. The van der Waals surface area contributed by atoms with Gasteiger partial charge in [-0.15, -0.1) is 0 Å². The third-order valence-corrected chi connectivity index (χ3v) is 13.5. The highest BCUT2D eigenvalue weighted by molar-refractivity contribution is 5.97. The van der Waals surface area contributed by atoms with Crippen LogP contribution in [-0.2, 0) is 88.0 Å². The molecule has 0 radical (unpaired) electrons. The summed E-state index contributed by atoms with van der Waals surface area (Å²) in [6.07, 6.45) is 0.620. The molecule has 0 aliphatic carbocycles. The van der Waals surface area contributed by atoms with E-state index in [0.29, 0.717) is 34.2 Å². The molecule has 0 aliphatic rings. The Morgan fingerprint density at radius 3 is 0.667 bits per heavy atom. The highest BCUT2D eigenvalue weighted by Gasteiger charge is 2.35. The number of methoxy groups -OCH3 is 1. The van der Waals surface area contributed by atoms with Crippen LogP contribution in [0.4, 0.5) is 0 Å². The van der Waals surface area contributed by atoms with Crippen LogP contribution in [0, 0.1) is 0 Å². The van der Waals surface area contributed by atoms with Crippen LogP contribution in [0.25, 0.3) is 0 Å². The van der Waals surface area contributed by atoms with Crippen LogP contribution in [0.3, 0.4) is 0 Å². The quantitative estimate of drug-likeness (QED) is 0.0250. The molecule has 7 rings (SSSR count). The molecule has 0 spiro atoms. The number of rotatable bonds is 29. The summed E-state index contributed by atoms with van der Waals surface area (Å²) in [6, 6.07) is 54.6. The maximum absolute atomic E-state index is 15.0. The van der Waals surface area contributed by atoms with Gasteiger partial charge in [0.1, 0.15) is 42.3 Å². The number of carbonyl (C=O) groups is 8. The van der Waals surface area contributed by atoms with Gasteiger partial charge in [-0.1, -0.05) is 212 Å². The SMILES string of the molecule is COC(=O)[C@H](Cc1ccccc1)NC(=O)[C@@H](Cc1ccccc1)NC(=O)[C@H](Cc1ccccc1)NC(=O)[C@@H](Cc1ccccc1)NC(=O)[C@H](Cc1ccccc1)NC(=O)[C@@H](Cc1ccccc1)NC(=O)[C@H](Cc1ccccc1)NC=O. The molecule has 16 nitrogen and oxygen atoms in total. The number of esters is 1. The standard InChI is InChI=1S/C65H67N7O9/c1-81-65(80)58(43-51-35-21-8-22-36-51)72-64(79)57(42-50-33-19-7-20-34-50)71-63(78)56(41-49-31-17-6-18-32-49)70-62(77)55(40-48-29-15-5-16-30-48)69-61(76)54(39-47-27-13-4-14-28-47)68-60(75)53(38-46-25-11-3-12-26-46)67-59(74)52(66-44-73)37-45-23-9-2-10-24-45/h2-36,44,52-58H,37-43H2,1H3,(H,66,73)(H,67,74)(H,68,75)(H,69,76)(H,70,77)(H,71,78)(H,72,79)/t52-,53+,54-,55+,56-,57+,58-/m0/s1. The third-order valence-electron chi connectivity index (χ3n) is 13.5. The predicted octanol–water partition coefficient (Wildman–Crippen LogP) is 4.88. The summed E-state index contributed by atoms with van der Waals surface area (Å²) in [5, 5.41) is 19.8. The van der Waals surface area contributed by atoms with Crippen molar-refractivity contribution in [3.05, 3.63) is 251 Å². The molecule has 0 fully saturated rings. The summed E-state index contributed by atoms with van der Waals surface area (Å²) in [4.78, 5) is 113. The molecule has 7 atom stereocenters. The zero-order chi connectivity index (χ0) is 57.2. The van der Waals surface area contributed by atoms with Gasteiger partial charge in [-0.05, 0) is 38.9 Å². The van der Waals surface area contributed by atoms with Crippen molar-refractivity contribution >= 4 is 47.8 Å². The summed E-state index contributed by atoms with van der Waals surface area (Å²) < 4.78 is 5.08. The second kappa shape index (κ2) is 31.0. The zero-order valence-electron chi connectivity index (χ0n) is 45.0. The summed E-state index contributed by atoms with van der Waals surface area (Å²) in [7, 11) is 1.23. The summed E-state index contributed by atoms with van der Waals surface area (Å²) in [5.74, 6) is -4.88. The van der Waals surface area contributed by atoms with Crippen molar-refractivity contribution in [1.29, 1.82) is 0 Å². The number of nitrogens with one attached hydrogen (secondary N) is 7. The first-order valence-corrected chi connectivity index (χ1v) is 26.8. The molecular weight excluding hydrogens is 1020 g/mol. The molecule has 7 aromatic rings. The van der Waals surface area contributed by atoms with E-state index >= 15 is 4.79 Å². The first-order valence-electron chi connectivity index (χ1n) is 26.8. The topological polar surface area (TPSA) is 230 Å². The molecule has 0 unspecified atom stereocenters. The Kier molecular flexibility index (Phi) is 22.6. The lowest BCUT2D eigenvalue weighted by Gasteiger charge is -2.28. The van der Waals surface area contributed by atoms with E-state index in [1.165, 1.54) is 7.11 Å². The van der Waals surface area contributed by atoms with E-state index in [1.54, 1.807) is 121 Å². The molecule has 0 bridgehead atoms. The molecule has 0 aliphatic heterocycles. The van der Waals surface area contributed by atoms with Gasteiger partial charge in [0.25, 0.3) is 0 Å². The Labute approximate surface area is 471 Å². The normalized spacial score (nSPS) is 13.4. The molecule has 16 heteroatoms. The van der Waals surface area contributed by atoms with E-state index in [0.717, 1.165) is 11.1 Å². The van der Waals surface area contributed by atoms with E-state index in [1.807, 2.05) is 91.0 Å². The maximum atomic E-state index is 15.0. The molecule has 81 heavy (non-hydrogen) atoms. The fourth-order valence-corrected chi connectivity index (χ4v) is 9.27. The van der Waals surface area contributed by atoms with Crippen molar-refractivity contribution in [1.82, 2.24) is 37.2 Å². The summed E-state index contributed by atoms with van der Waals surface area (Å²) in [5.41, 5.74) is 4.97. The molecule has 0 aromatic heterocycles. The van der Waals surface area contributed by atoms with Crippen molar-refractivity contribution in [3.8, 4) is 0 Å². The van der Waals surface area contributed by atoms with E-state index in [2.05, 4.69) is 37.2 Å². The first kappa shape index (κ1) is 59.0. The van der Waals surface area contributed by atoms with Crippen LogP contribution in [0.2, 0.25) is 0 Å². The number of hydrogen-bond acceptors (Lipinski definition) is 9. The minimum atomic E-state index is -1.34. The average Bonchev–Trinajstić information content (AvgIpc) is 3.49. The van der Waals surface area contributed by atoms with Crippen LogP contribution >= 0.6 is 0 Å². The van der Waals surface area contributed by atoms with E-state index in [4.69, 9.17) is 4.74 Å². The molecule has 7 N–H and O–H groups in total. The van der Waals surface area contributed by atoms with Gasteiger partial charge >= 0.3 is 5.97 Å². The fourth-order valence-electron chi connectivity index (χ4n) is 9.27. The lowest BCUT2D eigenvalue weighted by molar-refractivity contribution is -0.145. The molecule has 0 saturated carbocycles. The number of hydrogen-bond donors (Lipinski definition) is 7. The van der Waals surface area contributed by atoms with Gasteiger partial charge in [-0.3, -0.25) is 33.6 Å². The van der Waals surface area contributed by atoms with Crippen molar-refractivity contribution in [2.75, 3.05) is 7.11 Å². The molecular formula is C65H67N7O9. The van der Waals surface area contributed by atoms with E-state index < -0.39 is 83.7 Å². The predicted molar refractivity (Wildman–Crippen MR) is 308 cm³/mol. The van der Waals surface area contributed by atoms with Crippen LogP contribution in [0.5, 0.6) is 0 Å². The molecule has 0 heterocycles. The summed E-state index contributed by atoms with van der Waals surface area (Å²) in [6.45, 7) is 0. The number of amides is 7. The Morgan fingerprint density at radius 2 is 0.469 bits per heavy atom. The second-order valence-electron chi connectivity index (χ2n) is 19.6. The maximum Gasteiger partial charge on any atom is 0.328 e. The fraction of sp³-hybridized carbons (Fsp3) is 0.231. The molecule has 7 amide bonds. The van der Waals surface area contributed by atoms with Crippen molar-refractivity contribution in [2.24, 2.45) is 0 Å². The largest absolute Gasteiger partial charge is 0.467 e. The van der Waals surface area contributed by atoms with Gasteiger partial charge in [0.2, 0.25) is 41.9 Å². The Balaban J connectivity index is 1.17. The van der Waals surface area contributed by atoms with Crippen LogP contribution in [-0.4, -0.2) is 97.2 Å². The Bertz CT molecular complexity index is 3120. The van der Waals surface area contributed by atoms with Gasteiger partial charge in [0, 0.05) is 44.9 Å². The molecule has 416 valence electrons. The minimum Gasteiger partial charge on any atom is -0.467 e. The molecule has 7 aromatic carbocycles. The Hall–Kier alpha value is -9.70. The van der Waals surface area contributed by atoms with Crippen molar-refractivity contribution < 1.29 is 43.1 Å². The van der Waals surface area contributed by atoms with Crippen LogP contribution in [0.1, 0.15) is 38.9 Å². The van der Waals surface area contributed by atoms with E-state index in [-0.39, 0.29) is 44.9 Å². The monoisotopic (exact) mass is 1090 g/mol. The third kappa shape index (κ3) is 19.0. The van der Waals surface area contributed by atoms with Gasteiger partial charge in [-0.25, -0.2) is 4.79 Å². The summed E-state index contributed by atoms with van der Waals surface area (Å²) >= 11 is 0. The van der Waals surface area contributed by atoms with Gasteiger partial charge in [0.05, 0.1) is 7.11 Å². The van der Waals surface area contributed by atoms with Crippen LogP contribution < -0.4 is 37.2 Å². The smallest absolute Gasteiger partial charge is 0.328 e.